The Morgan fingerprint density at radius 2 is 1.64 bits per heavy atom. The maximum atomic E-state index is 13.0. The van der Waals surface area contributed by atoms with Crippen molar-refractivity contribution in [3.05, 3.63) is 12.2 Å². The van der Waals surface area contributed by atoms with Crippen molar-refractivity contribution >= 4 is 5.97 Å². The van der Waals surface area contributed by atoms with E-state index in [1.807, 2.05) is 0 Å². The SMILES string of the molecule is CC1(C)C2CCC1(C)C(C(=O)OC1C=CCCCCCCCCC1)C2. The molecule has 0 heterocycles. The second-order valence-electron chi connectivity index (χ2n) is 9.62. The molecule has 2 nitrogen and oxygen atoms in total. The van der Waals surface area contributed by atoms with Gasteiger partial charge >= 0.3 is 5.97 Å². The Bertz CT molecular complexity index is 492. The first-order valence-electron chi connectivity index (χ1n) is 10.8. The molecule has 142 valence electrons. The number of ether oxygens (including phenoxy) is 1. The molecule has 4 atom stereocenters. The zero-order valence-corrected chi connectivity index (χ0v) is 16.7. The Kier molecular flexibility index (Phi) is 5.96. The normalized spacial score (nSPS) is 38.8. The smallest absolute Gasteiger partial charge is 0.310 e. The minimum Gasteiger partial charge on any atom is -0.458 e. The van der Waals surface area contributed by atoms with Gasteiger partial charge in [-0.25, -0.2) is 0 Å². The van der Waals surface area contributed by atoms with Crippen LogP contribution in [-0.4, -0.2) is 12.1 Å². The third kappa shape index (κ3) is 3.83. The number of fused-ring (bicyclic) bond motifs is 2. The molecule has 0 aromatic rings. The van der Waals surface area contributed by atoms with E-state index in [-0.39, 0.29) is 28.8 Å². The second-order valence-corrected chi connectivity index (χ2v) is 9.62. The third-order valence-corrected chi connectivity index (χ3v) is 8.06. The molecular formula is C23H38O2. The summed E-state index contributed by atoms with van der Waals surface area (Å²) in [5, 5.41) is 0. The lowest BCUT2D eigenvalue weighted by molar-refractivity contribution is -0.157. The first-order valence-corrected chi connectivity index (χ1v) is 10.8. The fraction of sp³-hybridized carbons (Fsp3) is 0.870. The molecule has 2 bridgehead atoms. The predicted molar refractivity (Wildman–Crippen MR) is 103 cm³/mol. The van der Waals surface area contributed by atoms with Crippen LogP contribution >= 0.6 is 0 Å². The summed E-state index contributed by atoms with van der Waals surface area (Å²) in [4.78, 5) is 13.0. The fourth-order valence-electron chi connectivity index (χ4n) is 5.73. The van der Waals surface area contributed by atoms with Gasteiger partial charge in [0, 0.05) is 0 Å². The van der Waals surface area contributed by atoms with Crippen LogP contribution in [0, 0.1) is 22.7 Å². The Labute approximate surface area is 154 Å². The van der Waals surface area contributed by atoms with Gasteiger partial charge in [0.1, 0.15) is 6.10 Å². The average Bonchev–Trinajstić information content (AvgIpc) is 2.90. The average molecular weight is 347 g/mol. The van der Waals surface area contributed by atoms with Crippen molar-refractivity contribution < 1.29 is 9.53 Å². The van der Waals surface area contributed by atoms with Crippen molar-refractivity contribution in [2.24, 2.45) is 22.7 Å². The molecule has 0 aromatic heterocycles. The van der Waals surface area contributed by atoms with Crippen molar-refractivity contribution in [3.63, 3.8) is 0 Å². The Balaban J connectivity index is 1.61. The van der Waals surface area contributed by atoms with Crippen molar-refractivity contribution in [1.82, 2.24) is 0 Å². The van der Waals surface area contributed by atoms with Crippen LogP contribution in [0.3, 0.4) is 0 Å². The van der Waals surface area contributed by atoms with Gasteiger partial charge in [0.2, 0.25) is 0 Å². The van der Waals surface area contributed by atoms with E-state index >= 15 is 0 Å². The number of carbonyl (C=O) groups is 1. The summed E-state index contributed by atoms with van der Waals surface area (Å²) in [5.41, 5.74) is 0.406. The van der Waals surface area contributed by atoms with Crippen LogP contribution in [0.15, 0.2) is 12.2 Å². The molecule has 0 amide bonds. The molecule has 0 spiro atoms. The van der Waals surface area contributed by atoms with Gasteiger partial charge in [0.15, 0.2) is 0 Å². The summed E-state index contributed by atoms with van der Waals surface area (Å²) in [6.07, 6.45) is 19.2. The van der Waals surface area contributed by atoms with Gasteiger partial charge in [-0.05, 0) is 67.8 Å². The van der Waals surface area contributed by atoms with E-state index in [0.717, 1.165) is 19.3 Å². The van der Waals surface area contributed by atoms with E-state index in [9.17, 15) is 4.79 Å². The molecule has 25 heavy (non-hydrogen) atoms. The molecule has 3 aliphatic rings. The number of carbonyl (C=O) groups excluding carboxylic acids is 1. The quantitative estimate of drug-likeness (QED) is 0.425. The number of hydrogen-bond acceptors (Lipinski definition) is 2. The van der Waals surface area contributed by atoms with Crippen molar-refractivity contribution in [2.75, 3.05) is 0 Å². The first-order chi connectivity index (χ1) is 11.9. The van der Waals surface area contributed by atoms with Crippen molar-refractivity contribution in [3.8, 4) is 0 Å². The zero-order valence-electron chi connectivity index (χ0n) is 16.7. The van der Waals surface area contributed by atoms with E-state index in [1.54, 1.807) is 0 Å². The van der Waals surface area contributed by atoms with Crippen LogP contribution in [0.5, 0.6) is 0 Å². The van der Waals surface area contributed by atoms with E-state index in [4.69, 9.17) is 4.74 Å². The number of allylic oxidation sites excluding steroid dienone is 1. The Morgan fingerprint density at radius 3 is 2.28 bits per heavy atom. The molecule has 0 N–H and O–H groups in total. The van der Waals surface area contributed by atoms with Crippen LogP contribution in [0.25, 0.3) is 0 Å². The van der Waals surface area contributed by atoms with Gasteiger partial charge in [-0.2, -0.15) is 0 Å². The highest BCUT2D eigenvalue weighted by molar-refractivity contribution is 5.75. The molecule has 0 saturated heterocycles. The molecule has 0 aliphatic heterocycles. The molecule has 2 fully saturated rings. The Hall–Kier alpha value is -0.790. The standard InChI is InChI=1S/C23H38O2/c1-22(2)18-15-16-23(22,3)20(17-18)21(24)25-19-13-11-9-7-5-4-6-8-10-12-14-19/h11,13,18-20H,4-10,12,14-17H2,1-3H3. The Morgan fingerprint density at radius 1 is 0.960 bits per heavy atom. The summed E-state index contributed by atoms with van der Waals surface area (Å²) >= 11 is 0. The summed E-state index contributed by atoms with van der Waals surface area (Å²) < 4.78 is 6.06. The monoisotopic (exact) mass is 346 g/mol. The van der Waals surface area contributed by atoms with E-state index < -0.39 is 0 Å². The van der Waals surface area contributed by atoms with Gasteiger partial charge in [-0.15, -0.1) is 0 Å². The molecule has 3 rings (SSSR count). The molecular weight excluding hydrogens is 308 g/mol. The van der Waals surface area contributed by atoms with Crippen LogP contribution in [0.1, 0.15) is 97.8 Å². The summed E-state index contributed by atoms with van der Waals surface area (Å²) in [7, 11) is 0. The summed E-state index contributed by atoms with van der Waals surface area (Å²) in [6.45, 7) is 7.07. The number of hydrogen-bond donors (Lipinski definition) is 0. The molecule has 0 aromatic carbocycles. The van der Waals surface area contributed by atoms with E-state index in [0.29, 0.717) is 5.92 Å². The van der Waals surface area contributed by atoms with Gasteiger partial charge in [-0.3, -0.25) is 4.79 Å². The lowest BCUT2D eigenvalue weighted by atomic mass is 9.67. The van der Waals surface area contributed by atoms with Gasteiger partial charge in [0.05, 0.1) is 5.92 Å². The predicted octanol–water partition coefficient (Wildman–Crippen LogP) is 6.44. The van der Waals surface area contributed by atoms with Crippen LogP contribution < -0.4 is 0 Å². The summed E-state index contributed by atoms with van der Waals surface area (Å²) in [5.74, 6) is 0.887. The zero-order chi connectivity index (χ0) is 17.9. The van der Waals surface area contributed by atoms with Crippen LogP contribution in [-0.2, 0) is 9.53 Å². The molecule has 2 heteroatoms. The van der Waals surface area contributed by atoms with Crippen LogP contribution in [0.2, 0.25) is 0 Å². The molecule has 0 radical (unpaired) electrons. The topological polar surface area (TPSA) is 26.3 Å². The lowest BCUT2D eigenvalue weighted by Crippen LogP contribution is -2.38. The van der Waals surface area contributed by atoms with Gasteiger partial charge in [-0.1, -0.05) is 59.0 Å². The molecule has 3 aliphatic carbocycles. The maximum absolute atomic E-state index is 13.0. The highest BCUT2D eigenvalue weighted by Crippen LogP contribution is 2.68. The minimum absolute atomic E-state index is 0.00207. The van der Waals surface area contributed by atoms with Crippen LogP contribution in [0.4, 0.5) is 0 Å². The molecule has 2 saturated carbocycles. The highest BCUT2D eigenvalue weighted by atomic mass is 16.5. The molecule has 4 unspecified atom stereocenters. The van der Waals surface area contributed by atoms with Gasteiger partial charge in [0.25, 0.3) is 0 Å². The first kappa shape index (κ1) is 19.0. The number of esters is 1. The number of rotatable bonds is 2. The van der Waals surface area contributed by atoms with E-state index in [2.05, 4.69) is 32.9 Å². The van der Waals surface area contributed by atoms with Crippen molar-refractivity contribution in [2.45, 2.75) is 104 Å². The fourth-order valence-corrected chi connectivity index (χ4v) is 5.73. The van der Waals surface area contributed by atoms with Crippen molar-refractivity contribution in [1.29, 1.82) is 0 Å². The summed E-state index contributed by atoms with van der Waals surface area (Å²) in [6, 6.07) is 0. The third-order valence-electron chi connectivity index (χ3n) is 8.06. The van der Waals surface area contributed by atoms with Gasteiger partial charge < -0.3 is 4.74 Å². The second kappa shape index (κ2) is 7.84. The maximum Gasteiger partial charge on any atom is 0.310 e. The van der Waals surface area contributed by atoms with E-state index in [1.165, 1.54) is 57.8 Å². The largest absolute Gasteiger partial charge is 0.458 e. The highest BCUT2D eigenvalue weighted by Gasteiger charge is 2.63. The lowest BCUT2D eigenvalue weighted by Gasteiger charge is -2.38. The minimum atomic E-state index is -0.00207.